The van der Waals surface area contributed by atoms with Crippen molar-refractivity contribution in [3.63, 3.8) is 0 Å². The van der Waals surface area contributed by atoms with Gasteiger partial charge in [-0.1, -0.05) is 32.1 Å². The molecule has 1 heterocycles. The van der Waals surface area contributed by atoms with Gasteiger partial charge in [0.05, 0.1) is 11.9 Å². The van der Waals surface area contributed by atoms with Crippen molar-refractivity contribution in [1.82, 2.24) is 10.2 Å². The molecule has 0 aliphatic carbocycles. The molecule has 0 unspecified atom stereocenters. The molecule has 11 heteroatoms. The number of anilines is 3. The van der Waals surface area contributed by atoms with Crippen molar-refractivity contribution in [3.05, 3.63) is 18.2 Å². The summed E-state index contributed by atoms with van der Waals surface area (Å²) in [6.45, 7) is 16.2. The van der Waals surface area contributed by atoms with Crippen molar-refractivity contribution in [2.45, 2.75) is 54.5 Å². The molecule has 0 aliphatic rings. The summed E-state index contributed by atoms with van der Waals surface area (Å²) in [6, 6.07) is 5.62. The zero-order valence-electron chi connectivity index (χ0n) is 19.7. The summed E-state index contributed by atoms with van der Waals surface area (Å²) >= 11 is 1.27. The number of nitrogens with one attached hydrogen (secondary N) is 2. The highest BCUT2D eigenvalue weighted by molar-refractivity contribution is 7.92. The van der Waals surface area contributed by atoms with E-state index in [-0.39, 0.29) is 6.04 Å². The van der Waals surface area contributed by atoms with Crippen molar-refractivity contribution in [2.75, 3.05) is 34.3 Å². The molecule has 1 aromatic heterocycles. The number of nitrogens with zero attached hydrogens (tertiary/aromatic N) is 5. The number of benzene rings is 1. The zero-order valence-corrected chi connectivity index (χ0v) is 21.3. The van der Waals surface area contributed by atoms with E-state index in [9.17, 15) is 8.42 Å². The van der Waals surface area contributed by atoms with Crippen molar-refractivity contribution < 1.29 is 8.42 Å². The minimum atomic E-state index is -3.45. The van der Waals surface area contributed by atoms with Crippen molar-refractivity contribution in [2.24, 2.45) is 16.1 Å². The Morgan fingerprint density at radius 3 is 2.19 bits per heavy atom. The van der Waals surface area contributed by atoms with Gasteiger partial charge in [0, 0.05) is 24.8 Å². The quantitative estimate of drug-likeness (QED) is 0.459. The summed E-state index contributed by atoms with van der Waals surface area (Å²) in [7, 11) is -3.45. The molecular formula is C20H35N7O2S2. The van der Waals surface area contributed by atoms with E-state index in [2.05, 4.69) is 56.1 Å². The molecule has 0 aliphatic heterocycles. The molecule has 0 saturated carbocycles. The maximum absolute atomic E-state index is 11.7. The fourth-order valence-electron chi connectivity index (χ4n) is 2.34. The summed E-state index contributed by atoms with van der Waals surface area (Å²) in [4.78, 5) is 2.11. The molecule has 2 rings (SSSR count). The van der Waals surface area contributed by atoms with Gasteiger partial charge >= 0.3 is 0 Å². The lowest BCUT2D eigenvalue weighted by Crippen LogP contribution is -2.22. The van der Waals surface area contributed by atoms with Gasteiger partial charge in [-0.05, 0) is 51.8 Å². The minimum Gasteiger partial charge on any atom is -0.372 e. The Labute approximate surface area is 190 Å². The van der Waals surface area contributed by atoms with Crippen LogP contribution in [0, 0.1) is 5.92 Å². The first kappa shape index (κ1) is 26.8. The third-order valence-corrected chi connectivity index (χ3v) is 4.80. The van der Waals surface area contributed by atoms with E-state index >= 15 is 0 Å². The number of hydrogen-bond donors (Lipinski definition) is 2. The Kier molecular flexibility index (Phi) is 10.8. The van der Waals surface area contributed by atoms with E-state index in [0.29, 0.717) is 21.6 Å². The van der Waals surface area contributed by atoms with Crippen LogP contribution in [-0.4, -0.2) is 44.0 Å². The Morgan fingerprint density at radius 1 is 1.06 bits per heavy atom. The van der Waals surface area contributed by atoms with Crippen LogP contribution in [0.1, 0.15) is 48.5 Å². The van der Waals surface area contributed by atoms with E-state index in [1.54, 1.807) is 12.1 Å². The van der Waals surface area contributed by atoms with Gasteiger partial charge in [-0.2, -0.15) is 0 Å². The fourth-order valence-corrected chi connectivity index (χ4v) is 3.61. The first-order valence-corrected chi connectivity index (χ1v) is 13.0. The predicted molar refractivity (Wildman–Crippen MR) is 132 cm³/mol. The van der Waals surface area contributed by atoms with Crippen LogP contribution in [-0.2, 0) is 10.0 Å². The number of hydrogen-bond acceptors (Lipinski definition) is 9. The van der Waals surface area contributed by atoms with Crippen LogP contribution < -0.4 is 14.9 Å². The molecule has 9 nitrogen and oxygen atoms in total. The van der Waals surface area contributed by atoms with Gasteiger partial charge in [0.25, 0.3) is 5.13 Å². The van der Waals surface area contributed by atoms with Crippen LogP contribution in [0.25, 0.3) is 0 Å². The van der Waals surface area contributed by atoms with Crippen molar-refractivity contribution in [3.8, 4) is 0 Å². The second kappa shape index (κ2) is 12.6. The molecule has 0 atom stereocenters. The topological polar surface area (TPSA) is 112 Å². The van der Waals surface area contributed by atoms with Crippen LogP contribution in [0.2, 0.25) is 0 Å². The first-order valence-electron chi connectivity index (χ1n) is 10.3. The third kappa shape index (κ3) is 10.5. The molecule has 174 valence electrons. The van der Waals surface area contributed by atoms with Crippen LogP contribution in [0.15, 0.2) is 28.4 Å². The van der Waals surface area contributed by atoms with Gasteiger partial charge in [-0.15, -0.1) is 20.4 Å². The van der Waals surface area contributed by atoms with Crippen molar-refractivity contribution in [1.29, 1.82) is 0 Å². The Hall–Kier alpha value is -2.27. The van der Waals surface area contributed by atoms with Gasteiger partial charge in [0.15, 0.2) is 0 Å². The normalized spacial score (nSPS) is 11.5. The van der Waals surface area contributed by atoms with E-state index in [0.717, 1.165) is 31.0 Å². The highest BCUT2D eigenvalue weighted by Crippen LogP contribution is 2.33. The summed E-state index contributed by atoms with van der Waals surface area (Å²) in [5.41, 5.74) is 1.69. The van der Waals surface area contributed by atoms with Gasteiger partial charge in [0.2, 0.25) is 15.2 Å². The van der Waals surface area contributed by atoms with Gasteiger partial charge in [-0.3, -0.25) is 4.72 Å². The van der Waals surface area contributed by atoms with Crippen LogP contribution in [0.4, 0.5) is 27.3 Å². The second-order valence-electron chi connectivity index (χ2n) is 7.87. The molecule has 2 aromatic rings. The lowest BCUT2D eigenvalue weighted by Gasteiger charge is -2.22. The standard InChI is InChI=1S/C16H25N7O2S2.C4H10/c1-6-23(7-2)12-8-9-13(14(10-12)22-27(5,24)25)18-20-16-21-19-15(26-16)17-11(3)4;1-4(2)3/h8-11,22H,6-7H2,1-5H3,(H,17,19);4H,1-3H3. The smallest absolute Gasteiger partial charge is 0.253 e. The van der Waals surface area contributed by atoms with Crippen LogP contribution in [0.5, 0.6) is 0 Å². The summed E-state index contributed by atoms with van der Waals surface area (Å²) < 4.78 is 26.0. The van der Waals surface area contributed by atoms with Gasteiger partial charge in [-0.25, -0.2) is 8.42 Å². The maximum Gasteiger partial charge on any atom is 0.253 e. The Balaban J connectivity index is 0.00000110. The van der Waals surface area contributed by atoms with Crippen molar-refractivity contribution >= 4 is 48.7 Å². The van der Waals surface area contributed by atoms with Gasteiger partial charge < -0.3 is 10.2 Å². The zero-order chi connectivity index (χ0) is 23.6. The SMILES string of the molecule is CC(C)C.CCN(CC)c1ccc(N=Nc2nnc(NC(C)C)s2)c(NS(C)(=O)=O)c1. The fraction of sp³-hybridized carbons (Fsp3) is 0.600. The second-order valence-corrected chi connectivity index (χ2v) is 10.6. The predicted octanol–water partition coefficient (Wildman–Crippen LogP) is 5.65. The number of rotatable bonds is 9. The molecule has 1 aromatic carbocycles. The van der Waals surface area contributed by atoms with Crippen LogP contribution in [0.3, 0.4) is 0 Å². The van der Waals surface area contributed by atoms with E-state index < -0.39 is 10.0 Å². The molecule has 0 radical (unpaired) electrons. The average Bonchev–Trinajstić information content (AvgIpc) is 3.07. The molecule has 0 amide bonds. The van der Waals surface area contributed by atoms with Gasteiger partial charge in [0.1, 0.15) is 5.69 Å². The Morgan fingerprint density at radius 2 is 1.68 bits per heavy atom. The molecule has 0 spiro atoms. The molecular weight excluding hydrogens is 434 g/mol. The lowest BCUT2D eigenvalue weighted by atomic mass is 10.2. The Bertz CT molecular complexity index is 934. The largest absolute Gasteiger partial charge is 0.372 e. The highest BCUT2D eigenvalue weighted by atomic mass is 32.2. The summed E-state index contributed by atoms with van der Waals surface area (Å²) in [5.74, 6) is 0.833. The van der Waals surface area contributed by atoms with Crippen LogP contribution >= 0.6 is 11.3 Å². The minimum absolute atomic E-state index is 0.237. The molecule has 0 saturated heterocycles. The molecule has 0 fully saturated rings. The van der Waals surface area contributed by atoms with E-state index in [4.69, 9.17) is 0 Å². The third-order valence-electron chi connectivity index (χ3n) is 3.47. The maximum atomic E-state index is 11.7. The molecule has 31 heavy (non-hydrogen) atoms. The first-order chi connectivity index (χ1) is 14.4. The summed E-state index contributed by atoms with van der Waals surface area (Å²) in [5, 5.41) is 20.4. The average molecular weight is 470 g/mol. The summed E-state index contributed by atoms with van der Waals surface area (Å²) in [6.07, 6.45) is 1.10. The molecule has 2 N–H and O–H groups in total. The number of aromatic nitrogens is 2. The van der Waals surface area contributed by atoms with E-state index in [1.807, 2.05) is 33.8 Å². The highest BCUT2D eigenvalue weighted by Gasteiger charge is 2.12. The monoisotopic (exact) mass is 469 g/mol. The van der Waals surface area contributed by atoms with E-state index in [1.165, 1.54) is 11.3 Å². The number of sulfonamides is 1. The number of azo groups is 1. The molecule has 0 bridgehead atoms. The lowest BCUT2D eigenvalue weighted by molar-refractivity contribution is 0.607.